The van der Waals surface area contributed by atoms with Gasteiger partial charge in [-0.3, -0.25) is 0 Å². The molecule has 2 aromatic rings. The van der Waals surface area contributed by atoms with Gasteiger partial charge in [-0.15, -0.1) is 0 Å². The lowest BCUT2D eigenvalue weighted by atomic mass is 10.1. The molecule has 0 amide bonds. The molecule has 0 heterocycles. The first kappa shape index (κ1) is 15.3. The van der Waals surface area contributed by atoms with Crippen LogP contribution in [0.1, 0.15) is 12.5 Å². The van der Waals surface area contributed by atoms with Crippen molar-refractivity contribution in [3.8, 4) is 11.5 Å². The van der Waals surface area contributed by atoms with Crippen molar-refractivity contribution < 1.29 is 9.13 Å². The second-order valence-electron chi connectivity index (χ2n) is 4.65. The Kier molecular flexibility index (Phi) is 5.02. The van der Waals surface area contributed by atoms with Gasteiger partial charge in [-0.05, 0) is 43.2 Å². The first-order valence-electron chi connectivity index (χ1n) is 6.12. The van der Waals surface area contributed by atoms with Crippen LogP contribution in [0.5, 0.6) is 11.5 Å². The number of benzene rings is 2. The van der Waals surface area contributed by atoms with E-state index in [4.69, 9.17) is 22.1 Å². The maximum Gasteiger partial charge on any atom is 0.146 e. The van der Waals surface area contributed by atoms with Gasteiger partial charge in [-0.25, -0.2) is 4.39 Å². The minimum atomic E-state index is -0.376. The molecule has 2 nitrogen and oxygen atoms in total. The molecule has 1 atom stereocenters. The van der Waals surface area contributed by atoms with E-state index < -0.39 is 0 Å². The Morgan fingerprint density at radius 2 is 2.05 bits per heavy atom. The number of ether oxygens (including phenoxy) is 1. The topological polar surface area (TPSA) is 35.2 Å². The van der Waals surface area contributed by atoms with Crippen molar-refractivity contribution in [2.75, 3.05) is 0 Å². The summed E-state index contributed by atoms with van der Waals surface area (Å²) in [5.41, 5.74) is 6.79. The fraction of sp³-hybridized carbons (Fsp3) is 0.200. The summed E-state index contributed by atoms with van der Waals surface area (Å²) in [7, 11) is 0. The average Bonchev–Trinajstić information content (AvgIpc) is 2.30. The highest BCUT2D eigenvalue weighted by Crippen LogP contribution is 2.32. The molecule has 20 heavy (non-hydrogen) atoms. The van der Waals surface area contributed by atoms with Crippen LogP contribution in [0, 0.1) is 5.82 Å². The van der Waals surface area contributed by atoms with Crippen LogP contribution in [-0.2, 0) is 6.42 Å². The molecule has 5 heteroatoms. The van der Waals surface area contributed by atoms with Crippen LogP contribution in [-0.4, -0.2) is 6.04 Å². The zero-order valence-corrected chi connectivity index (χ0v) is 13.2. The highest BCUT2D eigenvalue weighted by atomic mass is 79.9. The van der Waals surface area contributed by atoms with Gasteiger partial charge in [-0.2, -0.15) is 0 Å². The molecule has 0 bridgehead atoms. The highest BCUT2D eigenvalue weighted by Gasteiger charge is 2.07. The maximum absolute atomic E-state index is 13.3. The number of rotatable bonds is 4. The van der Waals surface area contributed by atoms with E-state index in [0.29, 0.717) is 21.0 Å². The fourth-order valence-electron chi connectivity index (χ4n) is 1.84. The first-order valence-corrected chi connectivity index (χ1v) is 7.29. The standard InChI is InChI=1S/C15H14BrClFNO/c1-9(19)4-10-2-3-15(14(17)5-10)20-13-7-11(16)6-12(18)8-13/h2-3,5-9H,4,19H2,1H3. The third-order valence-electron chi connectivity index (χ3n) is 2.62. The van der Waals surface area contributed by atoms with Crippen LogP contribution in [0.3, 0.4) is 0 Å². The lowest BCUT2D eigenvalue weighted by Gasteiger charge is -2.11. The molecule has 0 aliphatic heterocycles. The Balaban J connectivity index is 2.21. The molecule has 0 aromatic heterocycles. The highest BCUT2D eigenvalue weighted by molar-refractivity contribution is 9.10. The molecule has 0 fully saturated rings. The third-order valence-corrected chi connectivity index (χ3v) is 3.37. The Hall–Kier alpha value is -1.10. The molecule has 0 saturated heterocycles. The lowest BCUT2D eigenvalue weighted by molar-refractivity contribution is 0.476. The molecule has 2 aromatic carbocycles. The predicted octanol–water partition coefficient (Wildman–Crippen LogP) is 4.92. The van der Waals surface area contributed by atoms with Crippen LogP contribution in [0.25, 0.3) is 0 Å². The number of hydrogen-bond donors (Lipinski definition) is 1. The Morgan fingerprint density at radius 1 is 1.30 bits per heavy atom. The van der Waals surface area contributed by atoms with Gasteiger partial charge >= 0.3 is 0 Å². The summed E-state index contributed by atoms with van der Waals surface area (Å²) in [4.78, 5) is 0. The van der Waals surface area contributed by atoms with Gasteiger partial charge in [0, 0.05) is 16.6 Å². The molecule has 2 rings (SSSR count). The van der Waals surface area contributed by atoms with Gasteiger partial charge in [0.05, 0.1) is 5.02 Å². The normalized spacial score (nSPS) is 12.2. The third kappa shape index (κ3) is 4.20. The zero-order chi connectivity index (χ0) is 14.7. The summed E-state index contributed by atoms with van der Waals surface area (Å²) in [5.74, 6) is 0.496. The smallest absolute Gasteiger partial charge is 0.146 e. The number of hydrogen-bond acceptors (Lipinski definition) is 2. The van der Waals surface area contributed by atoms with Crippen LogP contribution in [0.2, 0.25) is 5.02 Å². The molecule has 0 saturated carbocycles. The monoisotopic (exact) mass is 357 g/mol. The minimum Gasteiger partial charge on any atom is -0.456 e. The predicted molar refractivity (Wildman–Crippen MR) is 83.0 cm³/mol. The average molecular weight is 359 g/mol. The van der Waals surface area contributed by atoms with Gasteiger partial charge < -0.3 is 10.5 Å². The zero-order valence-electron chi connectivity index (χ0n) is 10.9. The van der Waals surface area contributed by atoms with Crippen LogP contribution in [0.15, 0.2) is 40.9 Å². The van der Waals surface area contributed by atoms with E-state index in [9.17, 15) is 4.39 Å². The van der Waals surface area contributed by atoms with Crippen LogP contribution >= 0.6 is 27.5 Å². The number of nitrogens with two attached hydrogens (primary N) is 1. The second-order valence-corrected chi connectivity index (χ2v) is 5.98. The van der Waals surface area contributed by atoms with Crippen molar-refractivity contribution >= 4 is 27.5 Å². The molecule has 0 radical (unpaired) electrons. The van der Waals surface area contributed by atoms with Crippen molar-refractivity contribution in [1.29, 1.82) is 0 Å². The molecular weight excluding hydrogens is 345 g/mol. The van der Waals surface area contributed by atoms with Crippen molar-refractivity contribution in [1.82, 2.24) is 0 Å². The molecule has 0 aliphatic carbocycles. The van der Waals surface area contributed by atoms with Gasteiger partial charge in [0.15, 0.2) is 0 Å². The largest absolute Gasteiger partial charge is 0.456 e. The van der Waals surface area contributed by atoms with E-state index >= 15 is 0 Å². The van der Waals surface area contributed by atoms with E-state index in [1.165, 1.54) is 12.1 Å². The SMILES string of the molecule is CC(N)Cc1ccc(Oc2cc(F)cc(Br)c2)c(Cl)c1. The van der Waals surface area contributed by atoms with Gasteiger partial charge in [0.25, 0.3) is 0 Å². The Morgan fingerprint density at radius 3 is 2.65 bits per heavy atom. The second kappa shape index (κ2) is 6.57. The molecular formula is C15H14BrClFNO. The summed E-state index contributed by atoms with van der Waals surface area (Å²) in [6.07, 6.45) is 0.742. The van der Waals surface area contributed by atoms with Crippen molar-refractivity contribution in [3.63, 3.8) is 0 Å². The van der Waals surface area contributed by atoms with Gasteiger partial charge in [-0.1, -0.05) is 33.6 Å². The summed E-state index contributed by atoms with van der Waals surface area (Å²) >= 11 is 9.39. The summed E-state index contributed by atoms with van der Waals surface area (Å²) in [6.45, 7) is 1.93. The lowest BCUT2D eigenvalue weighted by Crippen LogP contribution is -2.17. The van der Waals surface area contributed by atoms with E-state index in [1.54, 1.807) is 12.1 Å². The van der Waals surface area contributed by atoms with Crippen molar-refractivity contribution in [2.24, 2.45) is 5.73 Å². The van der Waals surface area contributed by atoms with Gasteiger partial charge in [0.2, 0.25) is 0 Å². The number of halogens is 3. The molecule has 106 valence electrons. The maximum atomic E-state index is 13.3. The Labute approximate surface area is 130 Å². The Bertz CT molecular complexity index is 599. The molecule has 0 aliphatic rings. The van der Waals surface area contributed by atoms with E-state index in [2.05, 4.69) is 15.9 Å². The van der Waals surface area contributed by atoms with Crippen LogP contribution < -0.4 is 10.5 Å². The minimum absolute atomic E-state index is 0.0667. The van der Waals surface area contributed by atoms with Crippen LogP contribution in [0.4, 0.5) is 4.39 Å². The van der Waals surface area contributed by atoms with E-state index in [1.807, 2.05) is 19.1 Å². The molecule has 2 N–H and O–H groups in total. The van der Waals surface area contributed by atoms with E-state index in [0.717, 1.165) is 12.0 Å². The van der Waals surface area contributed by atoms with Crippen molar-refractivity contribution in [2.45, 2.75) is 19.4 Å². The fourth-order valence-corrected chi connectivity index (χ4v) is 2.53. The summed E-state index contributed by atoms with van der Waals surface area (Å²) < 4.78 is 19.5. The molecule has 0 spiro atoms. The summed E-state index contributed by atoms with van der Waals surface area (Å²) in [5, 5.41) is 0.475. The van der Waals surface area contributed by atoms with Gasteiger partial charge in [0.1, 0.15) is 17.3 Å². The quantitative estimate of drug-likeness (QED) is 0.841. The van der Waals surface area contributed by atoms with Crippen molar-refractivity contribution in [3.05, 3.63) is 57.3 Å². The first-order chi connectivity index (χ1) is 9.44. The summed E-state index contributed by atoms with van der Waals surface area (Å²) in [6, 6.07) is 9.88. The van der Waals surface area contributed by atoms with E-state index in [-0.39, 0.29) is 11.9 Å². The molecule has 1 unspecified atom stereocenters.